The number of rotatable bonds is 7. The lowest BCUT2D eigenvalue weighted by molar-refractivity contribution is -0.118. The maximum atomic E-state index is 12.3. The second-order valence-electron chi connectivity index (χ2n) is 5.03. The van der Waals surface area contributed by atoms with Crippen LogP contribution in [0.2, 0.25) is 0 Å². The van der Waals surface area contributed by atoms with Crippen LogP contribution in [-0.4, -0.2) is 32.3 Å². The molecule has 2 aromatic rings. The predicted octanol–water partition coefficient (Wildman–Crippen LogP) is 3.69. The molecule has 2 rings (SSSR count). The van der Waals surface area contributed by atoms with E-state index in [1.54, 1.807) is 36.4 Å². The number of anilines is 2. The molecule has 1 amide bonds. The minimum atomic E-state index is -4.35. The van der Waals surface area contributed by atoms with Crippen molar-refractivity contribution in [3.05, 3.63) is 48.5 Å². The number of hydrogen-bond donors (Lipinski definition) is 2. The van der Waals surface area contributed by atoms with Gasteiger partial charge in [-0.2, -0.15) is 13.2 Å². The molecule has 2 N–H and O–H groups in total. The number of hydrogen-bond acceptors (Lipinski definition) is 4. The fourth-order valence-electron chi connectivity index (χ4n) is 1.95. The van der Waals surface area contributed by atoms with Crippen LogP contribution in [0.1, 0.15) is 0 Å². The number of carbonyl (C=O) groups excluding carboxylic acids is 1. The molecule has 0 heterocycles. The van der Waals surface area contributed by atoms with E-state index in [1.165, 1.54) is 19.2 Å². The summed E-state index contributed by atoms with van der Waals surface area (Å²) in [4.78, 5) is 12.0. The van der Waals surface area contributed by atoms with Crippen LogP contribution in [0.3, 0.4) is 0 Å². The maximum absolute atomic E-state index is 12.3. The highest BCUT2D eigenvalue weighted by atomic mass is 19.4. The van der Waals surface area contributed by atoms with Crippen LogP contribution < -0.4 is 20.1 Å². The Labute approximate surface area is 142 Å². The van der Waals surface area contributed by atoms with E-state index in [9.17, 15) is 18.0 Å². The van der Waals surface area contributed by atoms with Gasteiger partial charge in [0.15, 0.2) is 6.61 Å². The first-order chi connectivity index (χ1) is 11.9. The van der Waals surface area contributed by atoms with Gasteiger partial charge in [-0.05, 0) is 36.4 Å². The van der Waals surface area contributed by atoms with Gasteiger partial charge in [0.2, 0.25) is 0 Å². The molecule has 0 bridgehead atoms. The predicted molar refractivity (Wildman–Crippen MR) is 88.1 cm³/mol. The lowest BCUT2D eigenvalue weighted by atomic mass is 10.2. The van der Waals surface area contributed by atoms with Gasteiger partial charge in [-0.3, -0.25) is 4.79 Å². The van der Waals surface area contributed by atoms with Gasteiger partial charge in [-0.25, -0.2) is 0 Å². The van der Waals surface area contributed by atoms with E-state index in [-0.39, 0.29) is 18.0 Å². The molecule has 0 atom stereocenters. The van der Waals surface area contributed by atoms with E-state index in [4.69, 9.17) is 9.47 Å². The summed E-state index contributed by atoms with van der Waals surface area (Å²) >= 11 is 0. The first-order valence-electron chi connectivity index (χ1n) is 7.34. The largest absolute Gasteiger partial charge is 0.497 e. The Hall–Kier alpha value is -2.90. The van der Waals surface area contributed by atoms with Crippen LogP contribution in [0.15, 0.2) is 48.5 Å². The summed E-state index contributed by atoms with van der Waals surface area (Å²) in [6.45, 7) is -1.47. The highest BCUT2D eigenvalue weighted by Gasteiger charge is 2.27. The van der Waals surface area contributed by atoms with E-state index in [0.717, 1.165) is 0 Å². The molecule has 25 heavy (non-hydrogen) atoms. The van der Waals surface area contributed by atoms with Gasteiger partial charge in [-0.1, -0.05) is 12.1 Å². The summed E-state index contributed by atoms with van der Waals surface area (Å²) in [5.41, 5.74) is 0.424. The molecule has 0 aliphatic carbocycles. The molecule has 2 aromatic carbocycles. The van der Waals surface area contributed by atoms with Gasteiger partial charge in [-0.15, -0.1) is 0 Å². The molecule has 0 saturated heterocycles. The van der Waals surface area contributed by atoms with Gasteiger partial charge in [0, 0.05) is 0 Å². The number of halogens is 3. The number of amides is 1. The number of benzene rings is 2. The topological polar surface area (TPSA) is 59.6 Å². The third-order valence-electron chi connectivity index (χ3n) is 3.11. The third kappa shape index (κ3) is 6.25. The van der Waals surface area contributed by atoms with E-state index >= 15 is 0 Å². The average Bonchev–Trinajstić information content (AvgIpc) is 2.59. The van der Waals surface area contributed by atoms with Gasteiger partial charge < -0.3 is 20.1 Å². The summed E-state index contributed by atoms with van der Waals surface area (Å²) in [5.74, 6) is 0.637. The zero-order valence-corrected chi connectivity index (χ0v) is 13.4. The minimum Gasteiger partial charge on any atom is -0.497 e. The molecule has 0 radical (unpaired) electrons. The summed E-state index contributed by atoms with van der Waals surface area (Å²) < 4.78 is 47.3. The zero-order valence-electron chi connectivity index (χ0n) is 13.4. The van der Waals surface area contributed by atoms with E-state index < -0.39 is 18.6 Å². The minimum absolute atomic E-state index is 0.178. The lowest BCUT2D eigenvalue weighted by Gasteiger charge is -2.14. The van der Waals surface area contributed by atoms with Crippen LogP contribution in [0.5, 0.6) is 11.5 Å². The molecule has 134 valence electrons. The number of methoxy groups -OCH3 is 1. The summed E-state index contributed by atoms with van der Waals surface area (Å²) in [7, 11) is 1.54. The molecule has 0 fully saturated rings. The Morgan fingerprint density at radius 1 is 1.00 bits per heavy atom. The highest BCUT2D eigenvalue weighted by Crippen LogP contribution is 2.23. The van der Waals surface area contributed by atoms with Gasteiger partial charge >= 0.3 is 6.18 Å². The molecule has 0 aliphatic heterocycles. The normalized spacial score (nSPS) is 10.9. The second kappa shape index (κ2) is 8.27. The molecular formula is C17H17F3N2O3. The fraction of sp³-hybridized carbons (Fsp3) is 0.235. The maximum Gasteiger partial charge on any atom is 0.405 e. The van der Waals surface area contributed by atoms with Crippen molar-refractivity contribution in [3.8, 4) is 11.5 Å². The van der Waals surface area contributed by atoms with Crippen LogP contribution in [-0.2, 0) is 4.79 Å². The Balaban J connectivity index is 1.91. The van der Waals surface area contributed by atoms with Crippen molar-refractivity contribution in [2.45, 2.75) is 6.18 Å². The molecule has 0 spiro atoms. The summed E-state index contributed by atoms with van der Waals surface area (Å²) in [5, 5.41) is 4.77. The molecule has 0 saturated carbocycles. The number of ether oxygens (including phenoxy) is 2. The molecule has 0 aromatic heterocycles. The first-order valence-corrected chi connectivity index (χ1v) is 7.34. The van der Waals surface area contributed by atoms with Crippen LogP contribution in [0.4, 0.5) is 24.5 Å². The molecule has 5 nitrogen and oxygen atoms in total. The zero-order chi connectivity index (χ0) is 18.3. The van der Waals surface area contributed by atoms with Crippen LogP contribution in [0.25, 0.3) is 0 Å². The Morgan fingerprint density at radius 2 is 1.60 bits per heavy atom. The van der Waals surface area contributed by atoms with E-state index in [0.29, 0.717) is 11.5 Å². The summed E-state index contributed by atoms with van der Waals surface area (Å²) in [6.07, 6.45) is -4.35. The number of nitrogens with one attached hydrogen (secondary N) is 2. The van der Waals surface area contributed by atoms with Crippen molar-refractivity contribution in [1.82, 2.24) is 0 Å². The number of alkyl halides is 3. The SMILES string of the molecule is COc1ccc(OCC(=O)Nc2ccccc2NCC(F)(F)F)cc1. The van der Waals surface area contributed by atoms with Gasteiger partial charge in [0.1, 0.15) is 18.0 Å². The summed E-state index contributed by atoms with van der Waals surface area (Å²) in [6, 6.07) is 12.8. The van der Waals surface area contributed by atoms with Gasteiger partial charge in [0.25, 0.3) is 5.91 Å². The smallest absolute Gasteiger partial charge is 0.405 e. The van der Waals surface area contributed by atoms with Crippen LogP contribution >= 0.6 is 0 Å². The third-order valence-corrected chi connectivity index (χ3v) is 3.11. The van der Waals surface area contributed by atoms with E-state index in [1.807, 2.05) is 0 Å². The van der Waals surface area contributed by atoms with Crippen LogP contribution in [0, 0.1) is 0 Å². The highest BCUT2D eigenvalue weighted by molar-refractivity contribution is 5.95. The average molecular weight is 354 g/mol. The Bertz CT molecular complexity index is 703. The number of para-hydroxylation sites is 2. The standard InChI is InChI=1S/C17H17F3N2O3/c1-24-12-6-8-13(9-7-12)25-10-16(23)22-15-5-3-2-4-14(15)21-11-17(18,19)20/h2-9,21H,10-11H2,1H3,(H,22,23). The van der Waals surface area contributed by atoms with Crippen molar-refractivity contribution in [3.63, 3.8) is 0 Å². The molecule has 0 aliphatic rings. The van der Waals surface area contributed by atoms with Crippen molar-refractivity contribution in [1.29, 1.82) is 0 Å². The van der Waals surface area contributed by atoms with Crippen molar-refractivity contribution in [2.75, 3.05) is 30.9 Å². The fourth-order valence-corrected chi connectivity index (χ4v) is 1.95. The van der Waals surface area contributed by atoms with Crippen molar-refractivity contribution < 1.29 is 27.4 Å². The molecule has 0 unspecified atom stereocenters. The number of carbonyl (C=O) groups is 1. The molecular weight excluding hydrogens is 337 g/mol. The van der Waals surface area contributed by atoms with Crippen molar-refractivity contribution in [2.24, 2.45) is 0 Å². The monoisotopic (exact) mass is 354 g/mol. The molecule has 8 heteroatoms. The van der Waals surface area contributed by atoms with Gasteiger partial charge in [0.05, 0.1) is 18.5 Å². The Kier molecular flexibility index (Phi) is 6.10. The van der Waals surface area contributed by atoms with Crippen molar-refractivity contribution >= 4 is 17.3 Å². The quantitative estimate of drug-likeness (QED) is 0.796. The lowest BCUT2D eigenvalue weighted by Crippen LogP contribution is -2.24. The Morgan fingerprint density at radius 3 is 2.20 bits per heavy atom. The first kappa shape index (κ1) is 18.4. The van der Waals surface area contributed by atoms with E-state index in [2.05, 4.69) is 10.6 Å². The second-order valence-corrected chi connectivity index (χ2v) is 5.03.